The third-order valence-corrected chi connectivity index (χ3v) is 2.31. The predicted octanol–water partition coefficient (Wildman–Crippen LogP) is 1.79. The van der Waals surface area contributed by atoms with Crippen LogP contribution in [0.1, 0.15) is 33.1 Å². The minimum absolute atomic E-state index is 0.634. The standard InChI is InChI=1S/C8H17N/c1-3-4-8(2)5-6-9-7-8/h9H,3-7H2,1-2H3/t8-/m0/s1. The Labute approximate surface area is 57.8 Å². The van der Waals surface area contributed by atoms with E-state index < -0.39 is 0 Å². The van der Waals surface area contributed by atoms with Crippen molar-refractivity contribution in [2.45, 2.75) is 33.1 Å². The van der Waals surface area contributed by atoms with E-state index in [2.05, 4.69) is 19.2 Å². The van der Waals surface area contributed by atoms with Gasteiger partial charge in [0.2, 0.25) is 0 Å². The first-order valence-electron chi connectivity index (χ1n) is 3.97. The number of hydrogen-bond acceptors (Lipinski definition) is 1. The molecule has 0 spiro atoms. The lowest BCUT2D eigenvalue weighted by Crippen LogP contribution is -2.19. The Morgan fingerprint density at radius 2 is 2.33 bits per heavy atom. The molecule has 0 aromatic rings. The van der Waals surface area contributed by atoms with E-state index in [1.165, 1.54) is 32.4 Å². The predicted molar refractivity (Wildman–Crippen MR) is 40.5 cm³/mol. The van der Waals surface area contributed by atoms with Crippen LogP contribution < -0.4 is 5.32 Å². The average Bonchev–Trinajstić information content (AvgIpc) is 2.16. The summed E-state index contributed by atoms with van der Waals surface area (Å²) >= 11 is 0. The summed E-state index contributed by atoms with van der Waals surface area (Å²) in [6.45, 7) is 7.12. The topological polar surface area (TPSA) is 12.0 Å². The number of nitrogens with one attached hydrogen (secondary N) is 1. The molecule has 0 aromatic heterocycles. The summed E-state index contributed by atoms with van der Waals surface area (Å²) in [7, 11) is 0. The highest BCUT2D eigenvalue weighted by Gasteiger charge is 2.26. The zero-order valence-electron chi connectivity index (χ0n) is 6.54. The fourth-order valence-corrected chi connectivity index (χ4v) is 1.69. The summed E-state index contributed by atoms with van der Waals surface area (Å²) in [5.41, 5.74) is 0.634. The molecule has 1 fully saturated rings. The molecule has 0 aromatic carbocycles. The van der Waals surface area contributed by atoms with Gasteiger partial charge in [0.25, 0.3) is 0 Å². The quantitative estimate of drug-likeness (QED) is 0.596. The van der Waals surface area contributed by atoms with Crippen LogP contribution in [0.25, 0.3) is 0 Å². The van der Waals surface area contributed by atoms with Crippen molar-refractivity contribution in [2.75, 3.05) is 13.1 Å². The van der Waals surface area contributed by atoms with Crippen molar-refractivity contribution in [1.29, 1.82) is 0 Å². The second-order valence-corrected chi connectivity index (χ2v) is 3.49. The smallest absolute Gasteiger partial charge is 0.000564 e. The fraction of sp³-hybridized carbons (Fsp3) is 1.00. The molecule has 9 heavy (non-hydrogen) atoms. The van der Waals surface area contributed by atoms with Crippen LogP contribution in [0.15, 0.2) is 0 Å². The van der Waals surface area contributed by atoms with Gasteiger partial charge in [-0.3, -0.25) is 0 Å². The van der Waals surface area contributed by atoms with Gasteiger partial charge < -0.3 is 5.32 Å². The van der Waals surface area contributed by atoms with Gasteiger partial charge in [-0.2, -0.15) is 0 Å². The third-order valence-electron chi connectivity index (χ3n) is 2.31. The van der Waals surface area contributed by atoms with Crippen LogP contribution in [0.2, 0.25) is 0 Å². The molecular formula is C8H17N. The molecular weight excluding hydrogens is 110 g/mol. The van der Waals surface area contributed by atoms with Crippen molar-refractivity contribution in [3.8, 4) is 0 Å². The molecule has 1 aliphatic heterocycles. The minimum atomic E-state index is 0.634. The van der Waals surface area contributed by atoms with E-state index in [9.17, 15) is 0 Å². The van der Waals surface area contributed by atoms with Crippen molar-refractivity contribution < 1.29 is 0 Å². The largest absolute Gasteiger partial charge is 0.316 e. The fourth-order valence-electron chi connectivity index (χ4n) is 1.69. The van der Waals surface area contributed by atoms with Crippen LogP contribution >= 0.6 is 0 Å². The SMILES string of the molecule is CCC[C@@]1(C)CCNC1. The maximum atomic E-state index is 3.40. The molecule has 1 rings (SSSR count). The Balaban J connectivity index is 2.32. The van der Waals surface area contributed by atoms with Crippen LogP contribution in [0, 0.1) is 5.41 Å². The lowest BCUT2D eigenvalue weighted by Gasteiger charge is -2.20. The molecule has 0 amide bonds. The lowest BCUT2D eigenvalue weighted by molar-refractivity contribution is 0.331. The lowest BCUT2D eigenvalue weighted by atomic mass is 9.85. The molecule has 1 heterocycles. The van der Waals surface area contributed by atoms with Crippen LogP contribution in [-0.4, -0.2) is 13.1 Å². The van der Waals surface area contributed by atoms with Gasteiger partial charge in [0, 0.05) is 6.54 Å². The van der Waals surface area contributed by atoms with Gasteiger partial charge in [-0.05, 0) is 24.8 Å². The van der Waals surface area contributed by atoms with Crippen molar-refractivity contribution in [1.82, 2.24) is 5.32 Å². The first-order chi connectivity index (χ1) is 4.27. The Kier molecular flexibility index (Phi) is 2.12. The zero-order valence-corrected chi connectivity index (χ0v) is 6.54. The maximum Gasteiger partial charge on any atom is 0.000564 e. The van der Waals surface area contributed by atoms with E-state index in [0.29, 0.717) is 5.41 Å². The molecule has 1 saturated heterocycles. The first-order valence-corrected chi connectivity index (χ1v) is 3.97. The van der Waals surface area contributed by atoms with E-state index in [4.69, 9.17) is 0 Å². The highest BCUT2D eigenvalue weighted by atomic mass is 14.9. The molecule has 1 aliphatic rings. The molecule has 1 atom stereocenters. The van der Waals surface area contributed by atoms with E-state index in [1.54, 1.807) is 0 Å². The Bertz CT molecular complexity index is 82.6. The zero-order chi connectivity index (χ0) is 6.74. The average molecular weight is 127 g/mol. The summed E-state index contributed by atoms with van der Waals surface area (Å²) in [5.74, 6) is 0. The van der Waals surface area contributed by atoms with Gasteiger partial charge in [0.05, 0.1) is 0 Å². The van der Waals surface area contributed by atoms with Gasteiger partial charge in [0.15, 0.2) is 0 Å². The van der Waals surface area contributed by atoms with Crippen LogP contribution in [0.3, 0.4) is 0 Å². The van der Waals surface area contributed by atoms with E-state index in [0.717, 1.165) is 0 Å². The molecule has 0 unspecified atom stereocenters. The molecule has 0 radical (unpaired) electrons. The molecule has 0 bridgehead atoms. The summed E-state index contributed by atoms with van der Waals surface area (Å²) in [5, 5.41) is 3.40. The summed E-state index contributed by atoms with van der Waals surface area (Å²) < 4.78 is 0. The maximum absolute atomic E-state index is 3.40. The Hall–Kier alpha value is -0.0400. The van der Waals surface area contributed by atoms with E-state index in [-0.39, 0.29) is 0 Å². The molecule has 1 N–H and O–H groups in total. The Morgan fingerprint density at radius 1 is 1.56 bits per heavy atom. The van der Waals surface area contributed by atoms with Crippen LogP contribution in [0.5, 0.6) is 0 Å². The highest BCUT2D eigenvalue weighted by molar-refractivity contribution is 4.82. The normalized spacial score (nSPS) is 35.3. The van der Waals surface area contributed by atoms with Crippen molar-refractivity contribution >= 4 is 0 Å². The third kappa shape index (κ3) is 1.68. The summed E-state index contributed by atoms with van der Waals surface area (Å²) in [4.78, 5) is 0. The number of hydrogen-bond donors (Lipinski definition) is 1. The molecule has 1 heteroatoms. The van der Waals surface area contributed by atoms with E-state index >= 15 is 0 Å². The molecule has 0 saturated carbocycles. The van der Waals surface area contributed by atoms with Gasteiger partial charge in [-0.25, -0.2) is 0 Å². The van der Waals surface area contributed by atoms with Crippen molar-refractivity contribution in [3.05, 3.63) is 0 Å². The summed E-state index contributed by atoms with van der Waals surface area (Å²) in [6.07, 6.45) is 4.10. The monoisotopic (exact) mass is 127 g/mol. The molecule has 54 valence electrons. The van der Waals surface area contributed by atoms with Gasteiger partial charge in [-0.1, -0.05) is 20.3 Å². The second kappa shape index (κ2) is 2.70. The van der Waals surface area contributed by atoms with Crippen LogP contribution in [0.4, 0.5) is 0 Å². The number of rotatable bonds is 2. The second-order valence-electron chi connectivity index (χ2n) is 3.49. The molecule has 1 nitrogen and oxygen atoms in total. The van der Waals surface area contributed by atoms with E-state index in [1.807, 2.05) is 0 Å². The van der Waals surface area contributed by atoms with Crippen LogP contribution in [-0.2, 0) is 0 Å². The highest BCUT2D eigenvalue weighted by Crippen LogP contribution is 2.29. The first kappa shape index (κ1) is 7.07. The molecule has 0 aliphatic carbocycles. The van der Waals surface area contributed by atoms with Gasteiger partial charge in [0.1, 0.15) is 0 Å². The minimum Gasteiger partial charge on any atom is -0.316 e. The van der Waals surface area contributed by atoms with Crippen molar-refractivity contribution in [3.63, 3.8) is 0 Å². The van der Waals surface area contributed by atoms with Crippen molar-refractivity contribution in [2.24, 2.45) is 5.41 Å². The Morgan fingerprint density at radius 3 is 2.78 bits per heavy atom. The summed E-state index contributed by atoms with van der Waals surface area (Å²) in [6, 6.07) is 0. The van der Waals surface area contributed by atoms with Gasteiger partial charge in [-0.15, -0.1) is 0 Å². The van der Waals surface area contributed by atoms with Gasteiger partial charge >= 0.3 is 0 Å².